The quantitative estimate of drug-likeness (QED) is 0.403. The second-order valence-corrected chi connectivity index (χ2v) is 11.0. The van der Waals surface area contributed by atoms with Crippen molar-refractivity contribution in [2.75, 3.05) is 49.0 Å². The number of hydrogen-bond acceptors (Lipinski definition) is 8. The van der Waals surface area contributed by atoms with Crippen LogP contribution in [-0.2, 0) is 15.7 Å². The molecule has 8 nitrogen and oxygen atoms in total. The second kappa shape index (κ2) is 10.4. The van der Waals surface area contributed by atoms with E-state index >= 15 is 0 Å². The smallest absolute Gasteiger partial charge is 0.381 e. The molecule has 0 amide bonds. The number of benzene rings is 1. The molecule has 0 radical (unpaired) electrons. The maximum absolute atomic E-state index is 14.0. The molecule has 3 aliphatic rings. The predicted octanol–water partition coefficient (Wildman–Crippen LogP) is 5.68. The van der Waals surface area contributed by atoms with Gasteiger partial charge in [0.1, 0.15) is 5.82 Å². The number of halogens is 4. The van der Waals surface area contributed by atoms with Gasteiger partial charge in [0.05, 0.1) is 23.3 Å². The van der Waals surface area contributed by atoms with Crippen LogP contribution in [-0.4, -0.2) is 66.6 Å². The van der Waals surface area contributed by atoms with E-state index in [4.69, 9.17) is 21.1 Å². The fourth-order valence-electron chi connectivity index (χ4n) is 5.80. The third-order valence-corrected chi connectivity index (χ3v) is 8.25. The van der Waals surface area contributed by atoms with E-state index in [0.29, 0.717) is 43.2 Å². The summed E-state index contributed by atoms with van der Waals surface area (Å²) in [4.78, 5) is 17.2. The SMILES string of the molecule is COC1C=C(Nc2nc(N3CCN(c4ccnc5cc(Cl)ccc45)CC34CC4)cc(C(F)(F)F)n2)CC(OC)C1. The van der Waals surface area contributed by atoms with Crippen LogP contribution in [0.25, 0.3) is 10.9 Å². The summed E-state index contributed by atoms with van der Waals surface area (Å²) >= 11 is 6.17. The molecule has 40 heavy (non-hydrogen) atoms. The number of fused-ring (bicyclic) bond motifs is 1. The summed E-state index contributed by atoms with van der Waals surface area (Å²) in [6.07, 6.45) is 1.56. The van der Waals surface area contributed by atoms with Crippen molar-refractivity contribution in [3.8, 4) is 0 Å². The molecule has 2 atom stereocenters. The third kappa shape index (κ3) is 5.29. The van der Waals surface area contributed by atoms with E-state index in [2.05, 4.69) is 25.2 Å². The molecule has 2 aromatic heterocycles. The van der Waals surface area contributed by atoms with E-state index in [0.717, 1.165) is 35.5 Å². The topological polar surface area (TPSA) is 75.6 Å². The molecule has 0 bridgehead atoms. The van der Waals surface area contributed by atoms with Crippen LogP contribution in [0.3, 0.4) is 0 Å². The Morgan fingerprint density at radius 1 is 1.07 bits per heavy atom. The van der Waals surface area contributed by atoms with Gasteiger partial charge >= 0.3 is 6.18 Å². The number of methoxy groups -OCH3 is 2. The zero-order chi connectivity index (χ0) is 28.1. The number of nitrogens with one attached hydrogen (secondary N) is 1. The monoisotopic (exact) mass is 574 g/mol. The first-order chi connectivity index (χ1) is 19.2. The Bertz CT molecular complexity index is 1450. The minimum Gasteiger partial charge on any atom is -0.381 e. The van der Waals surface area contributed by atoms with Gasteiger partial charge in [-0.1, -0.05) is 11.6 Å². The highest BCUT2D eigenvalue weighted by molar-refractivity contribution is 6.31. The molecule has 1 N–H and O–H groups in total. The van der Waals surface area contributed by atoms with Gasteiger partial charge in [-0.3, -0.25) is 4.98 Å². The fourth-order valence-corrected chi connectivity index (χ4v) is 5.96. The lowest BCUT2D eigenvalue weighted by Crippen LogP contribution is -2.55. The number of rotatable bonds is 6. The van der Waals surface area contributed by atoms with E-state index in [9.17, 15) is 13.2 Å². The van der Waals surface area contributed by atoms with Crippen molar-refractivity contribution in [2.24, 2.45) is 0 Å². The van der Waals surface area contributed by atoms with Crippen molar-refractivity contribution >= 4 is 40.0 Å². The largest absolute Gasteiger partial charge is 0.433 e. The highest BCUT2D eigenvalue weighted by Gasteiger charge is 2.52. The highest BCUT2D eigenvalue weighted by atomic mass is 35.5. The number of hydrogen-bond donors (Lipinski definition) is 1. The van der Waals surface area contributed by atoms with Crippen molar-refractivity contribution in [1.82, 2.24) is 15.0 Å². The molecule has 1 spiro atoms. The van der Waals surface area contributed by atoms with Gasteiger partial charge in [0, 0.05) is 80.8 Å². The van der Waals surface area contributed by atoms with E-state index in [1.165, 1.54) is 0 Å². The van der Waals surface area contributed by atoms with Gasteiger partial charge in [-0.25, -0.2) is 4.98 Å². The van der Waals surface area contributed by atoms with Crippen LogP contribution in [0.15, 0.2) is 48.3 Å². The summed E-state index contributed by atoms with van der Waals surface area (Å²) in [5, 5.41) is 4.65. The number of ether oxygens (including phenoxy) is 2. The number of alkyl halides is 3. The number of nitrogens with zero attached hydrogens (tertiary/aromatic N) is 5. The number of anilines is 3. The van der Waals surface area contributed by atoms with E-state index in [-0.39, 0.29) is 29.5 Å². The fraction of sp³-hybridized carbons (Fsp3) is 0.464. The lowest BCUT2D eigenvalue weighted by molar-refractivity contribution is -0.141. The Morgan fingerprint density at radius 2 is 1.90 bits per heavy atom. The normalized spacial score (nSPS) is 22.5. The van der Waals surface area contributed by atoms with Gasteiger partial charge in [0.2, 0.25) is 5.95 Å². The van der Waals surface area contributed by atoms with Gasteiger partial charge in [-0.15, -0.1) is 0 Å². The van der Waals surface area contributed by atoms with Gasteiger partial charge in [-0.05, 0) is 43.2 Å². The van der Waals surface area contributed by atoms with Crippen LogP contribution in [0.1, 0.15) is 31.4 Å². The first kappa shape index (κ1) is 27.0. The molecule has 212 valence electrons. The first-order valence-corrected chi connectivity index (χ1v) is 13.6. The standard InChI is InChI=1S/C28H30ClF3N6O2/c1-39-19-12-18(13-20(14-19)40-2)34-26-35-24(28(30,31)32)15-25(36-26)38-10-9-37(16-27(38)6-7-27)23-5-8-33-22-11-17(29)3-4-21(22)23/h3-5,8,11-12,15,19-20H,6-7,9-10,13-14,16H2,1-2H3,(H,34,35,36). The molecule has 12 heteroatoms. The molecular formula is C28H30ClF3N6O2. The average molecular weight is 575 g/mol. The van der Waals surface area contributed by atoms with Crippen molar-refractivity contribution in [3.63, 3.8) is 0 Å². The minimum absolute atomic E-state index is 0.0853. The lowest BCUT2D eigenvalue weighted by Gasteiger charge is -2.44. The molecule has 3 aromatic rings. The maximum Gasteiger partial charge on any atom is 0.433 e. The maximum atomic E-state index is 14.0. The van der Waals surface area contributed by atoms with E-state index in [1.54, 1.807) is 20.4 Å². The van der Waals surface area contributed by atoms with Crippen LogP contribution in [0.5, 0.6) is 0 Å². The summed E-state index contributed by atoms with van der Waals surface area (Å²) in [5.74, 6) is 0.189. The first-order valence-electron chi connectivity index (χ1n) is 13.2. The van der Waals surface area contributed by atoms with Crippen molar-refractivity contribution in [1.29, 1.82) is 0 Å². The Hall–Kier alpha value is -3.15. The van der Waals surface area contributed by atoms with Gasteiger partial charge in [0.25, 0.3) is 0 Å². The van der Waals surface area contributed by atoms with Crippen molar-refractivity contribution in [3.05, 3.63) is 59.0 Å². The number of aromatic nitrogens is 3. The Morgan fingerprint density at radius 3 is 2.62 bits per heavy atom. The van der Waals surface area contributed by atoms with Gasteiger partial charge < -0.3 is 24.6 Å². The average Bonchev–Trinajstić information content (AvgIpc) is 3.70. The third-order valence-electron chi connectivity index (χ3n) is 8.02. The molecule has 3 heterocycles. The number of piperazine rings is 1. The molecule has 1 aliphatic heterocycles. The molecule has 2 aliphatic carbocycles. The molecule has 6 rings (SSSR count). The Kier molecular flexibility index (Phi) is 7.00. The molecule has 2 fully saturated rings. The zero-order valence-electron chi connectivity index (χ0n) is 22.2. The number of pyridine rings is 1. The van der Waals surface area contributed by atoms with Crippen LogP contribution >= 0.6 is 11.6 Å². The van der Waals surface area contributed by atoms with E-state index in [1.807, 2.05) is 35.2 Å². The summed E-state index contributed by atoms with van der Waals surface area (Å²) < 4.78 is 52.9. The van der Waals surface area contributed by atoms with Gasteiger partial charge in [-0.2, -0.15) is 18.2 Å². The molecule has 2 unspecified atom stereocenters. The van der Waals surface area contributed by atoms with Crippen LogP contribution in [0.4, 0.5) is 30.6 Å². The predicted molar refractivity (Wildman–Crippen MR) is 148 cm³/mol. The second-order valence-electron chi connectivity index (χ2n) is 10.6. The summed E-state index contributed by atoms with van der Waals surface area (Å²) in [6.45, 7) is 1.80. The van der Waals surface area contributed by atoms with Crippen molar-refractivity contribution in [2.45, 2.75) is 49.6 Å². The Balaban J connectivity index is 1.30. The molecular weight excluding hydrogens is 545 g/mol. The van der Waals surface area contributed by atoms with Crippen LogP contribution < -0.4 is 15.1 Å². The summed E-state index contributed by atoms with van der Waals surface area (Å²) in [6, 6.07) is 8.69. The molecule has 1 aromatic carbocycles. The van der Waals surface area contributed by atoms with Crippen LogP contribution in [0, 0.1) is 0 Å². The minimum atomic E-state index is -4.62. The van der Waals surface area contributed by atoms with Crippen LogP contribution in [0.2, 0.25) is 5.02 Å². The summed E-state index contributed by atoms with van der Waals surface area (Å²) in [5.41, 5.74) is 1.24. The van der Waals surface area contributed by atoms with E-state index < -0.39 is 11.9 Å². The zero-order valence-corrected chi connectivity index (χ0v) is 23.0. The van der Waals surface area contributed by atoms with Crippen molar-refractivity contribution < 1.29 is 22.6 Å². The highest BCUT2D eigenvalue weighted by Crippen LogP contribution is 2.48. The molecule has 1 saturated heterocycles. The lowest BCUT2D eigenvalue weighted by atomic mass is 9.99. The summed E-state index contributed by atoms with van der Waals surface area (Å²) in [7, 11) is 3.20. The van der Waals surface area contributed by atoms with Gasteiger partial charge in [0.15, 0.2) is 5.69 Å². The Labute approximate surface area is 235 Å². The molecule has 1 saturated carbocycles.